The molecular weight excluding hydrogens is 260 g/mol. The van der Waals surface area contributed by atoms with Crippen molar-refractivity contribution < 1.29 is 4.79 Å². The van der Waals surface area contributed by atoms with Crippen LogP contribution in [0, 0.1) is 17.8 Å². The Morgan fingerprint density at radius 1 is 1.00 bits per heavy atom. The Morgan fingerprint density at radius 3 is 2.43 bits per heavy atom. The maximum Gasteiger partial charge on any atom is 0.225 e. The van der Waals surface area contributed by atoms with Crippen LogP contribution in [0.1, 0.15) is 64.7 Å². The Morgan fingerprint density at radius 2 is 1.71 bits per heavy atom. The van der Waals surface area contributed by atoms with E-state index >= 15 is 0 Å². The number of nitrogens with one attached hydrogen (secondary N) is 1. The topological polar surface area (TPSA) is 32.3 Å². The lowest BCUT2D eigenvalue weighted by molar-refractivity contribution is -0.140. The van der Waals surface area contributed by atoms with E-state index in [1.54, 1.807) is 0 Å². The second kappa shape index (κ2) is 7.13. The molecule has 1 saturated heterocycles. The summed E-state index contributed by atoms with van der Waals surface area (Å²) in [6.07, 6.45) is 11.6. The fraction of sp³-hybridized carbons (Fsp3) is 0.944. The zero-order valence-electron chi connectivity index (χ0n) is 13.7. The van der Waals surface area contributed by atoms with Gasteiger partial charge in [0, 0.05) is 18.5 Å². The van der Waals surface area contributed by atoms with Crippen molar-refractivity contribution in [1.29, 1.82) is 0 Å². The van der Waals surface area contributed by atoms with Gasteiger partial charge in [0.15, 0.2) is 0 Å². The second-order valence-electron chi connectivity index (χ2n) is 7.42. The summed E-state index contributed by atoms with van der Waals surface area (Å²) >= 11 is 0. The molecule has 1 aliphatic heterocycles. The summed E-state index contributed by atoms with van der Waals surface area (Å²) in [4.78, 5) is 15.2. The van der Waals surface area contributed by atoms with Crippen LogP contribution in [0.5, 0.6) is 0 Å². The predicted octanol–water partition coefficient (Wildman–Crippen LogP) is 3.19. The number of hydrogen-bond acceptors (Lipinski definition) is 2. The van der Waals surface area contributed by atoms with Crippen molar-refractivity contribution in [1.82, 2.24) is 10.2 Å². The highest BCUT2D eigenvalue weighted by Gasteiger charge is 2.37. The number of carbonyl (C=O) groups is 1. The Kier molecular flexibility index (Phi) is 5.20. The maximum absolute atomic E-state index is 13.0. The standard InChI is InChI=1S/C18H32N2O/c1-2-20(17-9-11-19-12-10-17)18(21)16-8-7-14-5-3-4-6-15(14)13-16/h14-17,19H,2-13H2,1H3. The van der Waals surface area contributed by atoms with E-state index in [4.69, 9.17) is 0 Å². The highest BCUT2D eigenvalue weighted by atomic mass is 16.2. The first-order valence-corrected chi connectivity index (χ1v) is 9.30. The third-order valence-corrected chi connectivity index (χ3v) is 6.26. The number of piperidine rings is 1. The highest BCUT2D eigenvalue weighted by Crippen LogP contribution is 2.43. The van der Waals surface area contributed by atoms with Crippen molar-refractivity contribution in [2.75, 3.05) is 19.6 Å². The van der Waals surface area contributed by atoms with E-state index in [1.807, 2.05) is 0 Å². The second-order valence-corrected chi connectivity index (χ2v) is 7.42. The molecule has 1 heterocycles. The van der Waals surface area contributed by atoms with Gasteiger partial charge in [-0.15, -0.1) is 0 Å². The molecule has 3 heteroatoms. The number of rotatable bonds is 3. The molecule has 0 spiro atoms. The Labute approximate surface area is 129 Å². The van der Waals surface area contributed by atoms with Crippen LogP contribution >= 0.6 is 0 Å². The molecule has 3 aliphatic rings. The molecule has 0 radical (unpaired) electrons. The van der Waals surface area contributed by atoms with E-state index < -0.39 is 0 Å². The zero-order valence-corrected chi connectivity index (χ0v) is 13.7. The van der Waals surface area contributed by atoms with Gasteiger partial charge in [-0.25, -0.2) is 0 Å². The highest BCUT2D eigenvalue weighted by molar-refractivity contribution is 5.79. The fourth-order valence-corrected chi connectivity index (χ4v) is 5.04. The van der Waals surface area contributed by atoms with Gasteiger partial charge in [0.2, 0.25) is 5.91 Å². The zero-order chi connectivity index (χ0) is 14.7. The van der Waals surface area contributed by atoms with E-state index in [0.29, 0.717) is 17.9 Å². The van der Waals surface area contributed by atoms with Crippen molar-refractivity contribution in [2.24, 2.45) is 17.8 Å². The van der Waals surface area contributed by atoms with Crippen molar-refractivity contribution in [3.8, 4) is 0 Å². The van der Waals surface area contributed by atoms with Crippen molar-refractivity contribution >= 4 is 5.91 Å². The van der Waals surface area contributed by atoms with Gasteiger partial charge in [-0.2, -0.15) is 0 Å². The lowest BCUT2D eigenvalue weighted by atomic mass is 9.67. The molecule has 2 saturated carbocycles. The van der Waals surface area contributed by atoms with Gasteiger partial charge in [-0.05, 0) is 64.0 Å². The molecule has 0 aromatic rings. The minimum atomic E-state index is 0.333. The van der Waals surface area contributed by atoms with Crippen LogP contribution in [-0.4, -0.2) is 36.5 Å². The molecule has 3 fully saturated rings. The van der Waals surface area contributed by atoms with E-state index in [9.17, 15) is 4.79 Å². The first kappa shape index (κ1) is 15.3. The number of hydrogen-bond donors (Lipinski definition) is 1. The van der Waals surface area contributed by atoms with Crippen LogP contribution in [0.25, 0.3) is 0 Å². The lowest BCUT2D eigenvalue weighted by Crippen LogP contribution is -2.49. The largest absolute Gasteiger partial charge is 0.340 e. The average molecular weight is 292 g/mol. The lowest BCUT2D eigenvalue weighted by Gasteiger charge is -2.42. The van der Waals surface area contributed by atoms with Gasteiger partial charge in [-0.3, -0.25) is 4.79 Å². The SMILES string of the molecule is CCN(C(=O)C1CCC2CCCCC2C1)C1CCNCC1. The Bertz CT molecular complexity index is 351. The van der Waals surface area contributed by atoms with E-state index in [2.05, 4.69) is 17.1 Å². The van der Waals surface area contributed by atoms with E-state index in [1.165, 1.54) is 38.5 Å². The summed E-state index contributed by atoms with van der Waals surface area (Å²) in [5.41, 5.74) is 0. The molecule has 3 rings (SSSR count). The molecular formula is C18H32N2O. The summed E-state index contributed by atoms with van der Waals surface area (Å²) < 4.78 is 0. The molecule has 3 atom stereocenters. The number of fused-ring (bicyclic) bond motifs is 1. The number of nitrogens with zero attached hydrogens (tertiary/aromatic N) is 1. The summed E-state index contributed by atoms with van der Waals surface area (Å²) in [5.74, 6) is 2.61. The summed E-state index contributed by atoms with van der Waals surface area (Å²) in [7, 11) is 0. The molecule has 0 aromatic carbocycles. The molecule has 2 aliphatic carbocycles. The Hall–Kier alpha value is -0.570. The van der Waals surface area contributed by atoms with Gasteiger partial charge >= 0.3 is 0 Å². The maximum atomic E-state index is 13.0. The fourth-order valence-electron chi connectivity index (χ4n) is 5.04. The molecule has 3 unspecified atom stereocenters. The molecule has 1 N–H and O–H groups in total. The monoisotopic (exact) mass is 292 g/mol. The molecule has 1 amide bonds. The number of amides is 1. The Balaban J connectivity index is 1.60. The van der Waals surface area contributed by atoms with Crippen LogP contribution in [0.2, 0.25) is 0 Å². The van der Waals surface area contributed by atoms with Gasteiger partial charge in [0.25, 0.3) is 0 Å². The third kappa shape index (κ3) is 3.44. The van der Waals surface area contributed by atoms with Crippen LogP contribution in [0.3, 0.4) is 0 Å². The van der Waals surface area contributed by atoms with Gasteiger partial charge in [-0.1, -0.05) is 25.7 Å². The van der Waals surface area contributed by atoms with E-state index in [0.717, 1.165) is 50.7 Å². The van der Waals surface area contributed by atoms with Crippen molar-refractivity contribution in [3.05, 3.63) is 0 Å². The summed E-state index contributed by atoms with van der Waals surface area (Å²) in [6, 6.07) is 0.493. The van der Waals surface area contributed by atoms with Crippen LogP contribution in [-0.2, 0) is 4.79 Å². The quantitative estimate of drug-likeness (QED) is 0.866. The molecule has 3 nitrogen and oxygen atoms in total. The minimum Gasteiger partial charge on any atom is -0.340 e. The average Bonchev–Trinajstić information content (AvgIpc) is 2.56. The van der Waals surface area contributed by atoms with Gasteiger partial charge in [0.1, 0.15) is 0 Å². The van der Waals surface area contributed by atoms with Crippen LogP contribution in [0.4, 0.5) is 0 Å². The molecule has 0 aromatic heterocycles. The third-order valence-electron chi connectivity index (χ3n) is 6.26. The van der Waals surface area contributed by atoms with Crippen LogP contribution < -0.4 is 5.32 Å². The minimum absolute atomic E-state index is 0.333. The normalized spacial score (nSPS) is 34.2. The van der Waals surface area contributed by atoms with Crippen molar-refractivity contribution in [3.63, 3.8) is 0 Å². The van der Waals surface area contributed by atoms with Gasteiger partial charge in [0.05, 0.1) is 0 Å². The first-order chi connectivity index (χ1) is 10.3. The summed E-state index contributed by atoms with van der Waals surface area (Å²) in [6.45, 7) is 5.20. The first-order valence-electron chi connectivity index (χ1n) is 9.30. The van der Waals surface area contributed by atoms with Crippen LogP contribution in [0.15, 0.2) is 0 Å². The summed E-state index contributed by atoms with van der Waals surface area (Å²) in [5, 5.41) is 3.41. The van der Waals surface area contributed by atoms with Crippen molar-refractivity contribution in [2.45, 2.75) is 70.8 Å². The molecule has 0 bridgehead atoms. The number of carbonyl (C=O) groups excluding carboxylic acids is 1. The molecule has 120 valence electrons. The predicted molar refractivity (Wildman–Crippen MR) is 86.1 cm³/mol. The van der Waals surface area contributed by atoms with E-state index in [-0.39, 0.29) is 0 Å². The molecule has 21 heavy (non-hydrogen) atoms. The van der Waals surface area contributed by atoms with Gasteiger partial charge < -0.3 is 10.2 Å². The smallest absolute Gasteiger partial charge is 0.225 e.